The molecule has 0 aliphatic carbocycles. The standard InChI is InChI=1S/C15H19FN4O2S/c1-23(21,22)20(13-8-5-4-7-12(13)16)11-15-18-17-14-9-3-2-6-10-19(14)15/h4-5,7-8H,2-3,6,9-11H2,1H3. The van der Waals surface area contributed by atoms with E-state index in [4.69, 9.17) is 0 Å². The summed E-state index contributed by atoms with van der Waals surface area (Å²) in [4.78, 5) is 0. The van der Waals surface area contributed by atoms with E-state index in [1.807, 2.05) is 4.57 Å². The van der Waals surface area contributed by atoms with Crippen LogP contribution in [0.3, 0.4) is 0 Å². The first-order valence-electron chi connectivity index (χ1n) is 7.60. The molecule has 2 aromatic rings. The minimum absolute atomic E-state index is 0.0211. The number of nitrogens with zero attached hydrogens (tertiary/aromatic N) is 4. The van der Waals surface area contributed by atoms with E-state index in [1.54, 1.807) is 6.07 Å². The zero-order chi connectivity index (χ0) is 16.4. The number of para-hydroxylation sites is 1. The quantitative estimate of drug-likeness (QED) is 0.856. The molecule has 0 saturated carbocycles. The fourth-order valence-electron chi connectivity index (χ4n) is 2.83. The van der Waals surface area contributed by atoms with Crippen LogP contribution in [0.15, 0.2) is 24.3 Å². The predicted octanol–water partition coefficient (Wildman–Crippen LogP) is 2.11. The molecule has 0 fully saturated rings. The van der Waals surface area contributed by atoms with Crippen LogP contribution >= 0.6 is 0 Å². The maximum atomic E-state index is 14.1. The summed E-state index contributed by atoms with van der Waals surface area (Å²) in [5.74, 6) is 0.851. The molecule has 0 radical (unpaired) electrons. The molecule has 6 nitrogen and oxygen atoms in total. The zero-order valence-corrected chi connectivity index (χ0v) is 13.8. The number of rotatable bonds is 4. The Bertz CT molecular complexity index is 804. The first kappa shape index (κ1) is 15.9. The van der Waals surface area contributed by atoms with Crippen LogP contribution in [0.4, 0.5) is 10.1 Å². The summed E-state index contributed by atoms with van der Waals surface area (Å²) in [5.41, 5.74) is 0.0287. The number of anilines is 1. The van der Waals surface area contributed by atoms with Gasteiger partial charge in [-0.05, 0) is 25.0 Å². The Labute approximate surface area is 135 Å². The van der Waals surface area contributed by atoms with Gasteiger partial charge in [0.15, 0.2) is 5.82 Å². The van der Waals surface area contributed by atoms with Crippen LogP contribution in [0.2, 0.25) is 0 Å². The molecule has 1 aromatic carbocycles. The molecule has 0 spiro atoms. The molecule has 124 valence electrons. The summed E-state index contributed by atoms with van der Waals surface area (Å²) in [6, 6.07) is 5.84. The Hall–Kier alpha value is -1.96. The molecule has 0 unspecified atom stereocenters. The molecule has 0 N–H and O–H groups in total. The Morgan fingerprint density at radius 3 is 2.74 bits per heavy atom. The lowest BCUT2D eigenvalue weighted by Crippen LogP contribution is -2.31. The summed E-state index contributed by atoms with van der Waals surface area (Å²) in [5, 5.41) is 8.30. The first-order chi connectivity index (χ1) is 11.0. The van der Waals surface area contributed by atoms with E-state index in [0.29, 0.717) is 5.82 Å². The third-order valence-electron chi connectivity index (χ3n) is 3.99. The van der Waals surface area contributed by atoms with Crippen molar-refractivity contribution in [3.8, 4) is 0 Å². The van der Waals surface area contributed by atoms with E-state index in [0.717, 1.165) is 48.6 Å². The second kappa shape index (κ2) is 6.27. The Morgan fingerprint density at radius 2 is 2.00 bits per heavy atom. The van der Waals surface area contributed by atoms with E-state index in [1.165, 1.54) is 18.2 Å². The lowest BCUT2D eigenvalue weighted by atomic mass is 10.2. The highest BCUT2D eigenvalue weighted by atomic mass is 32.2. The van der Waals surface area contributed by atoms with Crippen molar-refractivity contribution in [2.75, 3.05) is 10.6 Å². The largest absolute Gasteiger partial charge is 0.313 e. The first-order valence-corrected chi connectivity index (χ1v) is 9.45. The summed E-state index contributed by atoms with van der Waals surface area (Å²) in [6.07, 6.45) is 5.09. The van der Waals surface area contributed by atoms with Crippen LogP contribution in [0.25, 0.3) is 0 Å². The average molecular weight is 338 g/mol. The predicted molar refractivity (Wildman–Crippen MR) is 85.0 cm³/mol. The summed E-state index contributed by atoms with van der Waals surface area (Å²) in [7, 11) is -3.64. The second-order valence-electron chi connectivity index (χ2n) is 5.72. The van der Waals surface area contributed by atoms with E-state index in [-0.39, 0.29) is 12.2 Å². The smallest absolute Gasteiger partial charge is 0.232 e. The van der Waals surface area contributed by atoms with Gasteiger partial charge in [-0.1, -0.05) is 18.6 Å². The van der Waals surface area contributed by atoms with Crippen LogP contribution in [0.1, 0.15) is 30.9 Å². The van der Waals surface area contributed by atoms with Crippen molar-refractivity contribution in [1.29, 1.82) is 0 Å². The van der Waals surface area contributed by atoms with Gasteiger partial charge in [0, 0.05) is 13.0 Å². The van der Waals surface area contributed by atoms with Gasteiger partial charge in [0.2, 0.25) is 10.0 Å². The average Bonchev–Trinajstić information content (AvgIpc) is 2.72. The highest BCUT2D eigenvalue weighted by Crippen LogP contribution is 2.24. The molecule has 23 heavy (non-hydrogen) atoms. The highest BCUT2D eigenvalue weighted by molar-refractivity contribution is 7.92. The van der Waals surface area contributed by atoms with E-state index in [2.05, 4.69) is 10.2 Å². The minimum Gasteiger partial charge on any atom is -0.313 e. The van der Waals surface area contributed by atoms with Crippen molar-refractivity contribution in [3.05, 3.63) is 41.7 Å². The molecule has 1 aliphatic heterocycles. The summed E-state index contributed by atoms with van der Waals surface area (Å²) >= 11 is 0. The number of fused-ring (bicyclic) bond motifs is 1. The minimum atomic E-state index is -3.64. The molecule has 0 atom stereocenters. The van der Waals surface area contributed by atoms with E-state index >= 15 is 0 Å². The second-order valence-corrected chi connectivity index (χ2v) is 7.62. The molecule has 1 aliphatic rings. The van der Waals surface area contributed by atoms with Crippen molar-refractivity contribution < 1.29 is 12.8 Å². The topological polar surface area (TPSA) is 68.1 Å². The zero-order valence-electron chi connectivity index (χ0n) is 12.9. The maximum absolute atomic E-state index is 14.1. The number of aromatic nitrogens is 3. The number of benzene rings is 1. The van der Waals surface area contributed by atoms with Gasteiger partial charge in [-0.3, -0.25) is 4.31 Å². The number of hydrogen-bond donors (Lipinski definition) is 0. The molecule has 0 bridgehead atoms. The van der Waals surface area contributed by atoms with Crippen LogP contribution < -0.4 is 4.31 Å². The van der Waals surface area contributed by atoms with Gasteiger partial charge in [-0.25, -0.2) is 12.8 Å². The molecule has 3 rings (SSSR count). The number of halogens is 1. The molecular formula is C15H19FN4O2S. The Morgan fingerprint density at radius 1 is 1.22 bits per heavy atom. The SMILES string of the molecule is CS(=O)(=O)N(Cc1nnc2n1CCCCC2)c1ccccc1F. The molecule has 8 heteroatoms. The molecule has 1 aromatic heterocycles. The normalized spacial score (nSPS) is 15.0. The van der Waals surface area contributed by atoms with Crippen molar-refractivity contribution in [2.24, 2.45) is 0 Å². The van der Waals surface area contributed by atoms with Crippen LogP contribution in [0, 0.1) is 5.82 Å². The molecular weight excluding hydrogens is 319 g/mol. The third-order valence-corrected chi connectivity index (χ3v) is 5.12. The van der Waals surface area contributed by atoms with Gasteiger partial charge < -0.3 is 4.57 Å². The van der Waals surface area contributed by atoms with Gasteiger partial charge in [-0.2, -0.15) is 0 Å². The lowest BCUT2D eigenvalue weighted by Gasteiger charge is -2.22. The van der Waals surface area contributed by atoms with Gasteiger partial charge in [-0.15, -0.1) is 10.2 Å². The van der Waals surface area contributed by atoms with Crippen LogP contribution in [0.5, 0.6) is 0 Å². The van der Waals surface area contributed by atoms with E-state index < -0.39 is 15.8 Å². The lowest BCUT2D eigenvalue weighted by molar-refractivity contribution is 0.578. The number of hydrogen-bond acceptors (Lipinski definition) is 4. The monoisotopic (exact) mass is 338 g/mol. The van der Waals surface area contributed by atoms with Crippen molar-refractivity contribution >= 4 is 15.7 Å². The van der Waals surface area contributed by atoms with Crippen molar-refractivity contribution in [2.45, 2.75) is 38.8 Å². The van der Waals surface area contributed by atoms with Crippen molar-refractivity contribution in [3.63, 3.8) is 0 Å². The summed E-state index contributed by atoms with van der Waals surface area (Å²) in [6.45, 7) is 0.749. The fourth-order valence-corrected chi connectivity index (χ4v) is 3.68. The summed E-state index contributed by atoms with van der Waals surface area (Å²) < 4.78 is 41.4. The van der Waals surface area contributed by atoms with Crippen LogP contribution in [-0.4, -0.2) is 29.4 Å². The third kappa shape index (κ3) is 3.36. The van der Waals surface area contributed by atoms with Gasteiger partial charge >= 0.3 is 0 Å². The fraction of sp³-hybridized carbons (Fsp3) is 0.467. The Kier molecular flexibility index (Phi) is 4.34. The molecule has 0 amide bonds. The van der Waals surface area contributed by atoms with Gasteiger partial charge in [0.25, 0.3) is 0 Å². The van der Waals surface area contributed by atoms with Gasteiger partial charge in [0.1, 0.15) is 11.6 Å². The van der Waals surface area contributed by atoms with E-state index in [9.17, 15) is 12.8 Å². The molecule has 2 heterocycles. The Balaban J connectivity index is 1.98. The number of aryl methyl sites for hydroxylation is 1. The van der Waals surface area contributed by atoms with Gasteiger partial charge in [0.05, 0.1) is 18.5 Å². The maximum Gasteiger partial charge on any atom is 0.232 e. The van der Waals surface area contributed by atoms with Crippen molar-refractivity contribution in [1.82, 2.24) is 14.8 Å². The highest BCUT2D eigenvalue weighted by Gasteiger charge is 2.24. The number of sulfonamides is 1. The molecule has 0 saturated heterocycles. The van der Waals surface area contributed by atoms with Crippen LogP contribution in [-0.2, 0) is 29.5 Å².